The molecule has 0 aliphatic rings. The SMILES string of the molecule is O=C([O-])C[C@@H](O)C(=O)[O-].[Co+2].c1c[nH]cn1.c1c[nH]cn1.c1c[nH]cn1. The molecule has 25 heavy (non-hydrogen) atoms. The molecular weight excluding hydrogens is 379 g/mol. The van der Waals surface area contributed by atoms with Crippen LogP contribution in [0.2, 0.25) is 0 Å². The summed E-state index contributed by atoms with van der Waals surface area (Å²) in [4.78, 5) is 38.4. The summed E-state index contributed by atoms with van der Waals surface area (Å²) in [5.41, 5.74) is 0. The smallest absolute Gasteiger partial charge is 0.550 e. The van der Waals surface area contributed by atoms with Crippen molar-refractivity contribution < 1.29 is 41.7 Å². The van der Waals surface area contributed by atoms with Crippen LogP contribution in [0.15, 0.2) is 56.2 Å². The van der Waals surface area contributed by atoms with Crippen molar-refractivity contribution in [3.05, 3.63) is 56.2 Å². The Morgan fingerprint density at radius 3 is 1.32 bits per heavy atom. The van der Waals surface area contributed by atoms with E-state index < -0.39 is 24.5 Å². The molecule has 3 aromatic heterocycles. The summed E-state index contributed by atoms with van der Waals surface area (Å²) in [5, 5.41) is 27.3. The first-order valence-electron chi connectivity index (χ1n) is 6.41. The first-order valence-corrected chi connectivity index (χ1v) is 6.41. The topological polar surface area (TPSA) is 187 Å². The van der Waals surface area contributed by atoms with E-state index in [1.807, 2.05) is 0 Å². The second-order valence-corrected chi connectivity index (χ2v) is 3.69. The minimum atomic E-state index is -1.96. The van der Waals surface area contributed by atoms with Gasteiger partial charge in [-0.15, -0.1) is 0 Å². The van der Waals surface area contributed by atoms with Crippen LogP contribution in [0.1, 0.15) is 6.42 Å². The van der Waals surface area contributed by atoms with Crippen LogP contribution in [0, 0.1) is 0 Å². The monoisotopic (exact) mass is 395 g/mol. The molecule has 4 N–H and O–H groups in total. The van der Waals surface area contributed by atoms with Crippen LogP contribution in [0.4, 0.5) is 0 Å². The van der Waals surface area contributed by atoms with Crippen molar-refractivity contribution in [2.75, 3.05) is 0 Å². The van der Waals surface area contributed by atoms with E-state index in [1.165, 1.54) is 0 Å². The standard InChI is InChI=1S/C4H6O5.3C3H4N2.Co/c5-2(4(8)9)1-3(6)7;3*1-2-5-3-4-1;/h2,5H,1H2,(H,6,7)(H,8,9);3*1-3H,(H,4,5);/q;;;;+2/p-2/t2-;;;;/m1..../s1. The van der Waals surface area contributed by atoms with Crippen molar-refractivity contribution in [2.24, 2.45) is 0 Å². The molecule has 12 heteroatoms. The quantitative estimate of drug-likeness (QED) is 0.373. The molecule has 3 heterocycles. The number of hydrogen-bond donors (Lipinski definition) is 4. The molecule has 1 radical (unpaired) electrons. The largest absolute Gasteiger partial charge is 2.00 e. The van der Waals surface area contributed by atoms with Gasteiger partial charge in [0, 0.05) is 49.6 Å². The Balaban J connectivity index is 0. The number of carboxylic acids is 2. The van der Waals surface area contributed by atoms with Crippen molar-refractivity contribution in [3.8, 4) is 0 Å². The molecule has 0 saturated heterocycles. The van der Waals surface area contributed by atoms with E-state index in [0.717, 1.165) is 0 Å². The van der Waals surface area contributed by atoms with Crippen LogP contribution in [0.25, 0.3) is 0 Å². The number of aromatic amines is 3. The number of hydrogen-bond acceptors (Lipinski definition) is 8. The number of carboxylic acid groups (broad SMARTS) is 2. The summed E-state index contributed by atoms with van der Waals surface area (Å²) >= 11 is 0. The normalized spacial score (nSPS) is 9.32. The maximum atomic E-state index is 9.58. The molecule has 1 atom stereocenters. The molecule has 0 fully saturated rings. The Morgan fingerprint density at radius 2 is 1.24 bits per heavy atom. The van der Waals surface area contributed by atoms with Gasteiger partial charge in [-0.1, -0.05) is 0 Å². The second-order valence-electron chi connectivity index (χ2n) is 3.69. The van der Waals surface area contributed by atoms with Gasteiger partial charge in [0.1, 0.15) is 0 Å². The average Bonchev–Trinajstić information content (AvgIpc) is 3.35. The van der Waals surface area contributed by atoms with Crippen molar-refractivity contribution in [3.63, 3.8) is 0 Å². The summed E-state index contributed by atoms with van der Waals surface area (Å²) in [6, 6.07) is 0. The predicted molar refractivity (Wildman–Crippen MR) is 76.4 cm³/mol. The summed E-state index contributed by atoms with van der Waals surface area (Å²) in [6.07, 6.45) is 12.4. The maximum absolute atomic E-state index is 9.58. The van der Waals surface area contributed by atoms with Crippen molar-refractivity contribution >= 4 is 11.9 Å². The fourth-order valence-corrected chi connectivity index (χ4v) is 0.887. The summed E-state index contributed by atoms with van der Waals surface area (Å²) in [7, 11) is 0. The summed E-state index contributed by atoms with van der Waals surface area (Å²) in [5.74, 6) is -3.43. The number of aliphatic hydroxyl groups is 1. The Hall–Kier alpha value is -2.96. The Labute approximate surface area is 152 Å². The van der Waals surface area contributed by atoms with Crippen LogP contribution < -0.4 is 10.2 Å². The zero-order chi connectivity index (χ0) is 18.0. The van der Waals surface area contributed by atoms with E-state index >= 15 is 0 Å². The number of aliphatic carboxylic acids is 2. The van der Waals surface area contributed by atoms with Gasteiger partial charge in [-0.25, -0.2) is 15.0 Å². The fourth-order valence-electron chi connectivity index (χ4n) is 0.887. The predicted octanol–water partition coefficient (Wildman–Crippen LogP) is -2.54. The molecule has 3 rings (SSSR count). The van der Waals surface area contributed by atoms with E-state index in [1.54, 1.807) is 56.2 Å². The zero-order valence-corrected chi connectivity index (χ0v) is 13.8. The van der Waals surface area contributed by atoms with E-state index in [-0.39, 0.29) is 16.8 Å². The number of nitrogens with one attached hydrogen (secondary N) is 3. The molecule has 0 spiro atoms. The average molecular weight is 395 g/mol. The molecule has 0 amide bonds. The Morgan fingerprint density at radius 1 is 0.880 bits per heavy atom. The van der Waals surface area contributed by atoms with Crippen molar-refractivity contribution in [1.29, 1.82) is 0 Å². The molecule has 0 aliphatic carbocycles. The minimum absolute atomic E-state index is 0. The third kappa shape index (κ3) is 19.0. The first-order chi connectivity index (χ1) is 11.5. The Kier molecular flexibility index (Phi) is 16.9. The Bertz CT molecular complexity index is 489. The van der Waals surface area contributed by atoms with Crippen LogP contribution in [0.3, 0.4) is 0 Å². The van der Waals surface area contributed by atoms with Crippen LogP contribution >= 0.6 is 0 Å². The van der Waals surface area contributed by atoms with E-state index in [4.69, 9.17) is 5.11 Å². The molecule has 0 aliphatic heterocycles. The van der Waals surface area contributed by atoms with E-state index in [0.29, 0.717) is 0 Å². The van der Waals surface area contributed by atoms with Gasteiger partial charge in [-0.2, -0.15) is 0 Å². The van der Waals surface area contributed by atoms with Gasteiger partial charge in [-0.05, 0) is 0 Å². The number of aliphatic hydroxyl groups excluding tert-OH is 1. The molecule has 0 bridgehead atoms. The number of carbonyl (C=O) groups is 2. The zero-order valence-electron chi connectivity index (χ0n) is 12.7. The van der Waals surface area contributed by atoms with Gasteiger partial charge >= 0.3 is 16.8 Å². The fraction of sp³-hybridized carbons (Fsp3) is 0.154. The molecule has 3 aromatic rings. The van der Waals surface area contributed by atoms with Crippen LogP contribution in [-0.2, 0) is 26.4 Å². The molecule has 0 aromatic carbocycles. The number of rotatable bonds is 3. The maximum Gasteiger partial charge on any atom is 2.00 e. The van der Waals surface area contributed by atoms with Crippen LogP contribution in [0.5, 0.6) is 0 Å². The van der Waals surface area contributed by atoms with Gasteiger partial charge in [0.05, 0.1) is 31.1 Å². The van der Waals surface area contributed by atoms with E-state index in [2.05, 4.69) is 29.9 Å². The molecular formula is C13H16CoN6O5. The third-order valence-electron chi connectivity index (χ3n) is 1.85. The van der Waals surface area contributed by atoms with Crippen molar-refractivity contribution in [2.45, 2.75) is 12.5 Å². The molecule has 0 saturated carbocycles. The van der Waals surface area contributed by atoms with Gasteiger partial charge in [-0.3, -0.25) is 0 Å². The van der Waals surface area contributed by atoms with Gasteiger partial charge in [0.2, 0.25) is 0 Å². The molecule has 11 nitrogen and oxygen atoms in total. The summed E-state index contributed by atoms with van der Waals surface area (Å²) < 4.78 is 0. The number of carbonyl (C=O) groups excluding carboxylic acids is 2. The van der Waals surface area contributed by atoms with Gasteiger partial charge < -0.3 is 39.9 Å². The number of nitrogens with zero attached hydrogens (tertiary/aromatic N) is 3. The number of H-pyrrole nitrogens is 3. The third-order valence-corrected chi connectivity index (χ3v) is 1.85. The first kappa shape index (κ1) is 24.3. The van der Waals surface area contributed by atoms with Gasteiger partial charge in [0.15, 0.2) is 0 Å². The molecule has 137 valence electrons. The number of imidazole rings is 3. The molecule has 0 unspecified atom stereocenters. The van der Waals surface area contributed by atoms with Gasteiger partial charge in [0.25, 0.3) is 0 Å². The summed E-state index contributed by atoms with van der Waals surface area (Å²) in [6.45, 7) is 0. The van der Waals surface area contributed by atoms with Crippen molar-refractivity contribution in [1.82, 2.24) is 29.9 Å². The number of aromatic nitrogens is 6. The van der Waals surface area contributed by atoms with E-state index in [9.17, 15) is 19.8 Å². The second kappa shape index (κ2) is 17.4. The van der Waals surface area contributed by atoms with Crippen LogP contribution in [-0.4, -0.2) is 53.1 Å². The minimum Gasteiger partial charge on any atom is -0.550 e.